The first kappa shape index (κ1) is 16.3. The minimum absolute atomic E-state index is 0.121. The van der Waals surface area contributed by atoms with E-state index in [1.54, 1.807) is 0 Å². The first-order valence-electron chi connectivity index (χ1n) is 8.75. The minimum Gasteiger partial charge on any atom is -0.494 e. The second-order valence-electron chi connectivity index (χ2n) is 6.35. The number of hydrogen-bond donors (Lipinski definition) is 1. The number of nitrogens with one attached hydrogen (secondary N) is 1. The predicted molar refractivity (Wildman–Crippen MR) is 91.0 cm³/mol. The molecule has 23 heavy (non-hydrogen) atoms. The van der Waals surface area contributed by atoms with Gasteiger partial charge in [0.05, 0.1) is 6.61 Å². The number of amides is 1. The standard InChI is InChI=1S/C18H27N3O2/c1-2-12-23-17-5-3-4-15(13-17)18(22)21-10-8-20(9-11-21)16-6-7-19-14-16/h3-5,13,16,19H,2,6-12,14H2,1H3. The Morgan fingerprint density at radius 3 is 2.83 bits per heavy atom. The Bertz CT molecular complexity index is 521. The van der Waals surface area contributed by atoms with Crippen LogP contribution in [0.2, 0.25) is 0 Å². The molecule has 2 aliphatic rings. The van der Waals surface area contributed by atoms with Crippen LogP contribution in [0, 0.1) is 0 Å². The third-order valence-electron chi connectivity index (χ3n) is 4.71. The number of piperazine rings is 1. The van der Waals surface area contributed by atoms with Crippen LogP contribution in [0.1, 0.15) is 30.1 Å². The van der Waals surface area contributed by atoms with Gasteiger partial charge in [-0.1, -0.05) is 13.0 Å². The maximum Gasteiger partial charge on any atom is 0.254 e. The van der Waals surface area contributed by atoms with Gasteiger partial charge in [0, 0.05) is 44.3 Å². The number of hydrogen-bond acceptors (Lipinski definition) is 4. The fraction of sp³-hybridized carbons (Fsp3) is 0.611. The molecular formula is C18H27N3O2. The van der Waals surface area contributed by atoms with Crippen LogP contribution in [0.15, 0.2) is 24.3 Å². The molecule has 3 rings (SSSR count). The molecule has 1 unspecified atom stereocenters. The van der Waals surface area contributed by atoms with Gasteiger partial charge >= 0.3 is 0 Å². The first-order chi connectivity index (χ1) is 11.3. The average Bonchev–Trinajstić information content (AvgIpc) is 3.14. The second-order valence-corrected chi connectivity index (χ2v) is 6.35. The first-order valence-corrected chi connectivity index (χ1v) is 8.75. The highest BCUT2D eigenvalue weighted by Gasteiger charge is 2.28. The lowest BCUT2D eigenvalue weighted by atomic mass is 10.1. The van der Waals surface area contributed by atoms with Crippen LogP contribution in [0.4, 0.5) is 0 Å². The van der Waals surface area contributed by atoms with Gasteiger partial charge < -0.3 is 15.0 Å². The maximum atomic E-state index is 12.7. The number of carbonyl (C=O) groups is 1. The van der Waals surface area contributed by atoms with E-state index < -0.39 is 0 Å². The summed E-state index contributed by atoms with van der Waals surface area (Å²) in [6.07, 6.45) is 2.20. The molecule has 2 aliphatic heterocycles. The van der Waals surface area contributed by atoms with Crippen LogP contribution >= 0.6 is 0 Å². The van der Waals surface area contributed by atoms with E-state index in [1.807, 2.05) is 29.2 Å². The molecule has 5 nitrogen and oxygen atoms in total. The number of rotatable bonds is 5. The summed E-state index contributed by atoms with van der Waals surface area (Å²) in [4.78, 5) is 17.2. The van der Waals surface area contributed by atoms with Gasteiger partial charge in [-0.2, -0.15) is 0 Å². The molecule has 0 bridgehead atoms. The quantitative estimate of drug-likeness (QED) is 0.896. The Morgan fingerprint density at radius 2 is 2.13 bits per heavy atom. The van der Waals surface area contributed by atoms with Crippen LogP contribution in [0.3, 0.4) is 0 Å². The Kier molecular flexibility index (Phi) is 5.51. The fourth-order valence-electron chi connectivity index (χ4n) is 3.36. The van der Waals surface area contributed by atoms with Gasteiger partial charge in [0.1, 0.15) is 5.75 Å². The van der Waals surface area contributed by atoms with Crippen molar-refractivity contribution in [2.45, 2.75) is 25.8 Å². The van der Waals surface area contributed by atoms with Crippen LogP contribution in [-0.2, 0) is 0 Å². The largest absolute Gasteiger partial charge is 0.494 e. The van der Waals surface area contributed by atoms with Crippen molar-refractivity contribution in [3.8, 4) is 5.75 Å². The van der Waals surface area contributed by atoms with Gasteiger partial charge in [-0.3, -0.25) is 9.69 Å². The number of carbonyl (C=O) groups excluding carboxylic acids is 1. The molecular weight excluding hydrogens is 290 g/mol. The van der Waals surface area contributed by atoms with Crippen molar-refractivity contribution in [1.29, 1.82) is 0 Å². The molecule has 0 radical (unpaired) electrons. The molecule has 0 saturated carbocycles. The Hall–Kier alpha value is -1.59. The van der Waals surface area contributed by atoms with Crippen molar-refractivity contribution >= 4 is 5.91 Å². The molecule has 0 aromatic heterocycles. The zero-order chi connectivity index (χ0) is 16.1. The molecule has 1 aromatic rings. The van der Waals surface area contributed by atoms with E-state index >= 15 is 0 Å². The van der Waals surface area contributed by atoms with Crippen molar-refractivity contribution in [2.24, 2.45) is 0 Å². The van der Waals surface area contributed by atoms with Crippen molar-refractivity contribution in [3.05, 3.63) is 29.8 Å². The van der Waals surface area contributed by atoms with E-state index in [2.05, 4.69) is 17.1 Å². The molecule has 1 N–H and O–H groups in total. The van der Waals surface area contributed by atoms with E-state index in [9.17, 15) is 4.79 Å². The van der Waals surface area contributed by atoms with Crippen LogP contribution < -0.4 is 10.1 Å². The summed E-state index contributed by atoms with van der Waals surface area (Å²) >= 11 is 0. The molecule has 5 heteroatoms. The SMILES string of the molecule is CCCOc1cccc(C(=O)N2CCN(C3CCNC3)CC2)c1. The molecule has 0 aliphatic carbocycles. The van der Waals surface area contributed by atoms with Crippen LogP contribution in [0.25, 0.3) is 0 Å². The van der Waals surface area contributed by atoms with E-state index in [-0.39, 0.29) is 5.91 Å². The van der Waals surface area contributed by atoms with E-state index in [0.29, 0.717) is 12.6 Å². The normalized spacial score (nSPS) is 22.3. The summed E-state index contributed by atoms with van der Waals surface area (Å²) < 4.78 is 5.63. The zero-order valence-electron chi connectivity index (χ0n) is 14.0. The van der Waals surface area contributed by atoms with Gasteiger partial charge in [0.15, 0.2) is 0 Å². The lowest BCUT2D eigenvalue weighted by molar-refractivity contribution is 0.0583. The van der Waals surface area contributed by atoms with Crippen molar-refractivity contribution in [2.75, 3.05) is 45.9 Å². The van der Waals surface area contributed by atoms with Gasteiger partial charge in [0.2, 0.25) is 0 Å². The molecule has 126 valence electrons. The van der Waals surface area contributed by atoms with Crippen LogP contribution in [0.5, 0.6) is 5.75 Å². The highest BCUT2D eigenvalue weighted by atomic mass is 16.5. The summed E-state index contributed by atoms with van der Waals surface area (Å²) in [7, 11) is 0. The fourth-order valence-corrected chi connectivity index (χ4v) is 3.36. The summed E-state index contributed by atoms with van der Waals surface area (Å²) in [6.45, 7) is 8.55. The highest BCUT2D eigenvalue weighted by molar-refractivity contribution is 5.94. The van der Waals surface area contributed by atoms with E-state index in [0.717, 1.165) is 57.0 Å². The van der Waals surface area contributed by atoms with Crippen LogP contribution in [-0.4, -0.2) is 67.6 Å². The Morgan fingerprint density at radius 1 is 1.30 bits per heavy atom. The molecule has 2 saturated heterocycles. The average molecular weight is 317 g/mol. The van der Waals surface area contributed by atoms with Gasteiger partial charge in [0.25, 0.3) is 5.91 Å². The molecule has 2 fully saturated rings. The third kappa shape index (κ3) is 4.03. The maximum absolute atomic E-state index is 12.7. The van der Waals surface area contributed by atoms with E-state index in [4.69, 9.17) is 4.74 Å². The molecule has 2 heterocycles. The van der Waals surface area contributed by atoms with E-state index in [1.165, 1.54) is 6.42 Å². The molecule has 1 aromatic carbocycles. The summed E-state index contributed by atoms with van der Waals surface area (Å²) in [5.74, 6) is 0.907. The lowest BCUT2D eigenvalue weighted by Crippen LogP contribution is -2.52. The lowest BCUT2D eigenvalue weighted by Gasteiger charge is -2.37. The summed E-state index contributed by atoms with van der Waals surface area (Å²) in [6, 6.07) is 8.22. The summed E-state index contributed by atoms with van der Waals surface area (Å²) in [5, 5.41) is 3.42. The number of nitrogens with zero attached hydrogens (tertiary/aromatic N) is 2. The van der Waals surface area contributed by atoms with Gasteiger partial charge in [-0.05, 0) is 37.6 Å². The van der Waals surface area contributed by atoms with Gasteiger partial charge in [-0.25, -0.2) is 0 Å². The summed E-state index contributed by atoms with van der Waals surface area (Å²) in [5.41, 5.74) is 0.731. The molecule has 1 atom stereocenters. The third-order valence-corrected chi connectivity index (χ3v) is 4.71. The predicted octanol–water partition coefficient (Wildman–Crippen LogP) is 1.60. The van der Waals surface area contributed by atoms with Crippen molar-refractivity contribution in [1.82, 2.24) is 15.1 Å². The number of ether oxygens (including phenoxy) is 1. The Labute approximate surface area is 138 Å². The second kappa shape index (κ2) is 7.79. The highest BCUT2D eigenvalue weighted by Crippen LogP contribution is 2.17. The monoisotopic (exact) mass is 317 g/mol. The molecule has 0 spiro atoms. The molecule has 1 amide bonds. The topological polar surface area (TPSA) is 44.8 Å². The Balaban J connectivity index is 1.56. The smallest absolute Gasteiger partial charge is 0.254 e. The van der Waals surface area contributed by atoms with Crippen molar-refractivity contribution < 1.29 is 9.53 Å². The number of benzene rings is 1. The van der Waals surface area contributed by atoms with Gasteiger partial charge in [-0.15, -0.1) is 0 Å². The zero-order valence-corrected chi connectivity index (χ0v) is 14.0. The minimum atomic E-state index is 0.121. The van der Waals surface area contributed by atoms with Crippen molar-refractivity contribution in [3.63, 3.8) is 0 Å².